The lowest BCUT2D eigenvalue weighted by Gasteiger charge is -2.06. The van der Waals surface area contributed by atoms with E-state index in [9.17, 15) is 13.5 Å². The summed E-state index contributed by atoms with van der Waals surface area (Å²) < 4.78 is 28.2. The lowest BCUT2D eigenvalue weighted by molar-refractivity contribution is 0.473. The third-order valence-electron chi connectivity index (χ3n) is 2.51. The number of sulfonamides is 1. The Morgan fingerprint density at radius 1 is 1.37 bits per heavy atom. The topological polar surface area (TPSA) is 84.2 Å². The number of phenols is 1. The molecule has 0 saturated carbocycles. The Labute approximate surface area is 111 Å². The highest BCUT2D eigenvalue weighted by Gasteiger charge is 2.15. The molecule has 19 heavy (non-hydrogen) atoms. The molecule has 0 aliphatic heterocycles. The fourth-order valence-corrected chi connectivity index (χ4v) is 2.61. The summed E-state index contributed by atoms with van der Waals surface area (Å²) in [5.41, 5.74) is 0.386. The van der Waals surface area contributed by atoms with Crippen molar-refractivity contribution in [2.45, 2.75) is 24.8 Å². The highest BCUT2D eigenvalue weighted by molar-refractivity contribution is 7.92. The molecular weight excluding hydrogens is 266 g/mol. The molecule has 2 aromatic rings. The number of nitrogens with one attached hydrogen (secondary N) is 1. The minimum Gasteiger partial charge on any atom is -0.508 e. The molecule has 1 aromatic carbocycles. The minimum absolute atomic E-state index is 0.00444. The number of hydrogen-bond donors (Lipinski definition) is 2. The van der Waals surface area contributed by atoms with Gasteiger partial charge in [-0.3, -0.25) is 9.40 Å². The molecule has 0 unspecified atom stereocenters. The van der Waals surface area contributed by atoms with E-state index in [2.05, 4.69) is 9.82 Å². The molecule has 0 radical (unpaired) electrons. The summed E-state index contributed by atoms with van der Waals surface area (Å²) in [6.07, 6.45) is 3.06. The Balaban J connectivity index is 2.26. The quantitative estimate of drug-likeness (QED) is 0.897. The van der Waals surface area contributed by atoms with Crippen LogP contribution in [0.4, 0.5) is 5.69 Å². The van der Waals surface area contributed by atoms with E-state index in [0.717, 1.165) is 0 Å². The van der Waals surface area contributed by atoms with Crippen LogP contribution in [0.5, 0.6) is 5.75 Å². The molecule has 1 heterocycles. The smallest absolute Gasteiger partial charge is 0.262 e. The summed E-state index contributed by atoms with van der Waals surface area (Å²) in [4.78, 5) is 0.00444. The summed E-state index contributed by atoms with van der Waals surface area (Å²) in [6.45, 7) is 3.89. The maximum absolute atomic E-state index is 12.1. The number of hydrogen-bond acceptors (Lipinski definition) is 4. The SMILES string of the molecule is CC(C)n1cc(NS(=O)(=O)c2cccc(O)c2)cn1. The second kappa shape index (κ2) is 4.93. The molecular formula is C12H15N3O3S. The van der Waals surface area contributed by atoms with Crippen LogP contribution in [-0.2, 0) is 10.0 Å². The van der Waals surface area contributed by atoms with Gasteiger partial charge in [-0.15, -0.1) is 0 Å². The maximum atomic E-state index is 12.1. The van der Waals surface area contributed by atoms with Crippen molar-refractivity contribution in [2.75, 3.05) is 4.72 Å². The standard InChI is InChI=1S/C12H15N3O3S/c1-9(2)15-8-10(7-13-15)14-19(17,18)12-5-3-4-11(16)6-12/h3-9,14,16H,1-2H3. The number of benzene rings is 1. The molecule has 102 valence electrons. The Hall–Kier alpha value is -2.02. The van der Waals surface area contributed by atoms with Crippen LogP contribution >= 0.6 is 0 Å². The van der Waals surface area contributed by atoms with Gasteiger partial charge < -0.3 is 5.11 Å². The fraction of sp³-hybridized carbons (Fsp3) is 0.250. The Kier molecular flexibility index (Phi) is 3.48. The maximum Gasteiger partial charge on any atom is 0.262 e. The number of aromatic nitrogens is 2. The number of rotatable bonds is 4. The summed E-state index contributed by atoms with van der Waals surface area (Å²) in [5, 5.41) is 13.4. The van der Waals surface area contributed by atoms with Gasteiger partial charge in [-0.1, -0.05) is 6.07 Å². The second-order valence-electron chi connectivity index (χ2n) is 4.41. The molecule has 1 aromatic heterocycles. The van der Waals surface area contributed by atoms with Crippen molar-refractivity contribution in [3.05, 3.63) is 36.7 Å². The first-order valence-corrected chi connectivity index (χ1v) is 7.23. The number of nitrogens with zero attached hydrogens (tertiary/aromatic N) is 2. The molecule has 6 nitrogen and oxygen atoms in total. The van der Waals surface area contributed by atoms with Crippen LogP contribution in [0.15, 0.2) is 41.6 Å². The van der Waals surface area contributed by atoms with Gasteiger partial charge in [0.05, 0.1) is 16.8 Å². The molecule has 0 amide bonds. The molecule has 2 rings (SSSR count). The zero-order valence-corrected chi connectivity index (χ0v) is 11.4. The largest absolute Gasteiger partial charge is 0.508 e. The van der Waals surface area contributed by atoms with E-state index < -0.39 is 10.0 Å². The lowest BCUT2D eigenvalue weighted by Crippen LogP contribution is -2.12. The molecule has 2 N–H and O–H groups in total. The minimum atomic E-state index is -3.71. The zero-order valence-electron chi connectivity index (χ0n) is 10.6. The van der Waals surface area contributed by atoms with E-state index >= 15 is 0 Å². The van der Waals surface area contributed by atoms with Crippen LogP contribution in [0.25, 0.3) is 0 Å². The predicted molar refractivity (Wildman–Crippen MR) is 71.5 cm³/mol. The van der Waals surface area contributed by atoms with E-state index in [0.29, 0.717) is 5.69 Å². The second-order valence-corrected chi connectivity index (χ2v) is 6.09. The Bertz CT molecular complexity index is 677. The van der Waals surface area contributed by atoms with Gasteiger partial charge in [0.15, 0.2) is 0 Å². The summed E-state index contributed by atoms with van der Waals surface area (Å²) in [7, 11) is -3.71. The summed E-state index contributed by atoms with van der Waals surface area (Å²) in [6, 6.07) is 5.64. The van der Waals surface area contributed by atoms with Crippen LogP contribution in [0.2, 0.25) is 0 Å². The van der Waals surface area contributed by atoms with Gasteiger partial charge in [-0.2, -0.15) is 5.10 Å². The molecule has 7 heteroatoms. The molecule has 0 spiro atoms. The van der Waals surface area contributed by atoms with E-state index in [1.807, 2.05) is 13.8 Å². The average molecular weight is 281 g/mol. The number of anilines is 1. The molecule has 0 atom stereocenters. The molecule has 0 fully saturated rings. The molecule has 0 bridgehead atoms. The van der Waals surface area contributed by atoms with Crippen molar-refractivity contribution in [2.24, 2.45) is 0 Å². The van der Waals surface area contributed by atoms with Crippen LogP contribution in [0.3, 0.4) is 0 Å². The van der Waals surface area contributed by atoms with Gasteiger partial charge in [-0.25, -0.2) is 8.42 Å². The first-order valence-electron chi connectivity index (χ1n) is 5.74. The lowest BCUT2D eigenvalue weighted by atomic mass is 10.3. The zero-order chi connectivity index (χ0) is 14.0. The van der Waals surface area contributed by atoms with E-state index in [-0.39, 0.29) is 16.7 Å². The fourth-order valence-electron chi connectivity index (χ4n) is 1.54. The van der Waals surface area contributed by atoms with E-state index in [1.165, 1.54) is 30.5 Å². The Morgan fingerprint density at radius 2 is 2.11 bits per heavy atom. The highest BCUT2D eigenvalue weighted by atomic mass is 32.2. The van der Waals surface area contributed by atoms with Gasteiger partial charge >= 0.3 is 0 Å². The van der Waals surface area contributed by atoms with Crippen molar-refractivity contribution >= 4 is 15.7 Å². The average Bonchev–Trinajstić information content (AvgIpc) is 2.77. The number of aromatic hydroxyl groups is 1. The predicted octanol–water partition coefficient (Wildman–Crippen LogP) is 1.97. The third-order valence-corrected chi connectivity index (χ3v) is 3.89. The van der Waals surface area contributed by atoms with Gasteiger partial charge in [0.25, 0.3) is 10.0 Å². The van der Waals surface area contributed by atoms with Crippen molar-refractivity contribution in [3.8, 4) is 5.75 Å². The van der Waals surface area contributed by atoms with Gasteiger partial charge in [0.1, 0.15) is 5.75 Å². The van der Waals surface area contributed by atoms with Crippen molar-refractivity contribution < 1.29 is 13.5 Å². The summed E-state index contributed by atoms with van der Waals surface area (Å²) >= 11 is 0. The van der Waals surface area contributed by atoms with Crippen LogP contribution in [-0.4, -0.2) is 23.3 Å². The van der Waals surface area contributed by atoms with Crippen molar-refractivity contribution in [1.29, 1.82) is 0 Å². The third kappa shape index (κ3) is 3.05. The first kappa shape index (κ1) is 13.4. The molecule has 0 aliphatic rings. The van der Waals surface area contributed by atoms with E-state index in [4.69, 9.17) is 0 Å². The summed E-state index contributed by atoms with van der Waals surface area (Å²) in [5.74, 6) is -0.0965. The van der Waals surface area contributed by atoms with Crippen molar-refractivity contribution in [1.82, 2.24) is 9.78 Å². The Morgan fingerprint density at radius 3 is 2.68 bits per heavy atom. The molecule has 0 aliphatic carbocycles. The first-order chi connectivity index (χ1) is 8.88. The normalized spacial score (nSPS) is 11.7. The van der Waals surface area contributed by atoms with Crippen LogP contribution in [0, 0.1) is 0 Å². The van der Waals surface area contributed by atoms with Crippen LogP contribution < -0.4 is 4.72 Å². The molecule has 0 saturated heterocycles. The monoisotopic (exact) mass is 281 g/mol. The van der Waals surface area contributed by atoms with Gasteiger partial charge in [0.2, 0.25) is 0 Å². The van der Waals surface area contributed by atoms with Gasteiger partial charge in [0, 0.05) is 18.3 Å². The highest BCUT2D eigenvalue weighted by Crippen LogP contribution is 2.19. The van der Waals surface area contributed by atoms with Crippen LogP contribution in [0.1, 0.15) is 19.9 Å². The van der Waals surface area contributed by atoms with E-state index in [1.54, 1.807) is 10.9 Å². The number of phenolic OH excluding ortho intramolecular Hbond substituents is 1. The van der Waals surface area contributed by atoms with Gasteiger partial charge in [-0.05, 0) is 26.0 Å². The van der Waals surface area contributed by atoms with Crippen molar-refractivity contribution in [3.63, 3.8) is 0 Å².